The van der Waals surface area contributed by atoms with Crippen molar-refractivity contribution in [3.05, 3.63) is 45.7 Å². The average molecular weight is 337 g/mol. The van der Waals surface area contributed by atoms with E-state index in [1.165, 1.54) is 11.1 Å². The summed E-state index contributed by atoms with van der Waals surface area (Å²) in [6.07, 6.45) is 2.11. The number of hydrogen-bond donors (Lipinski definition) is 1. The van der Waals surface area contributed by atoms with Crippen molar-refractivity contribution >= 4 is 15.9 Å². The molecule has 0 radical (unpaired) electrons. The first-order valence-electron chi connectivity index (χ1n) is 7.05. The van der Waals surface area contributed by atoms with E-state index in [-0.39, 0.29) is 6.04 Å². The molecule has 0 bridgehead atoms. The van der Waals surface area contributed by atoms with E-state index in [9.17, 15) is 0 Å². The van der Waals surface area contributed by atoms with E-state index in [4.69, 9.17) is 0 Å². The molecule has 2 aromatic rings. The van der Waals surface area contributed by atoms with Crippen molar-refractivity contribution in [3.8, 4) is 0 Å². The van der Waals surface area contributed by atoms with Gasteiger partial charge in [-0.15, -0.1) is 5.10 Å². The van der Waals surface area contributed by atoms with E-state index in [0.717, 1.165) is 29.7 Å². The highest BCUT2D eigenvalue weighted by atomic mass is 79.9. The van der Waals surface area contributed by atoms with Gasteiger partial charge in [-0.1, -0.05) is 43.3 Å². The van der Waals surface area contributed by atoms with E-state index < -0.39 is 0 Å². The summed E-state index contributed by atoms with van der Waals surface area (Å²) in [5, 5.41) is 11.8. The van der Waals surface area contributed by atoms with Gasteiger partial charge in [-0.25, -0.2) is 4.68 Å². The van der Waals surface area contributed by atoms with Crippen LogP contribution in [0.3, 0.4) is 0 Å². The van der Waals surface area contributed by atoms with E-state index in [1.54, 1.807) is 0 Å². The molecule has 2 rings (SSSR count). The van der Waals surface area contributed by atoms with Crippen LogP contribution in [-0.2, 0) is 13.5 Å². The molecule has 108 valence electrons. The van der Waals surface area contributed by atoms with Gasteiger partial charge >= 0.3 is 0 Å². The quantitative estimate of drug-likeness (QED) is 0.880. The first kappa shape index (κ1) is 15.2. The summed E-state index contributed by atoms with van der Waals surface area (Å²) < 4.78 is 2.64. The summed E-state index contributed by atoms with van der Waals surface area (Å²) in [4.78, 5) is 0. The number of halogens is 1. The fourth-order valence-corrected chi connectivity index (χ4v) is 2.98. The van der Waals surface area contributed by atoms with Crippen LogP contribution < -0.4 is 5.32 Å². The number of hydrogen-bond acceptors (Lipinski definition) is 3. The Morgan fingerprint density at radius 3 is 2.65 bits per heavy atom. The van der Waals surface area contributed by atoms with Crippen molar-refractivity contribution in [1.29, 1.82) is 0 Å². The summed E-state index contributed by atoms with van der Waals surface area (Å²) >= 11 is 3.52. The molecule has 1 aromatic carbocycles. The number of rotatable bonds is 6. The van der Waals surface area contributed by atoms with Crippen molar-refractivity contribution in [2.75, 3.05) is 6.54 Å². The molecule has 1 unspecified atom stereocenters. The lowest BCUT2D eigenvalue weighted by molar-refractivity contribution is 0.546. The molecular formula is C15H21BrN4. The van der Waals surface area contributed by atoms with Crippen LogP contribution in [0.15, 0.2) is 28.9 Å². The maximum atomic E-state index is 4.12. The third-order valence-corrected chi connectivity index (χ3v) is 4.01. The van der Waals surface area contributed by atoms with Gasteiger partial charge in [-0.2, -0.15) is 0 Å². The predicted molar refractivity (Wildman–Crippen MR) is 84.7 cm³/mol. The zero-order valence-corrected chi connectivity index (χ0v) is 13.8. The van der Waals surface area contributed by atoms with Gasteiger partial charge < -0.3 is 5.32 Å². The second-order valence-electron chi connectivity index (χ2n) is 4.83. The monoisotopic (exact) mass is 336 g/mol. The Bertz CT molecular complexity index is 545. The lowest BCUT2D eigenvalue weighted by Crippen LogP contribution is -2.26. The Kier molecular flexibility index (Phi) is 5.31. The normalized spacial score (nSPS) is 12.6. The van der Waals surface area contributed by atoms with E-state index >= 15 is 0 Å². The maximum absolute atomic E-state index is 4.12. The maximum Gasteiger partial charge on any atom is 0.153 e. The molecule has 0 saturated heterocycles. The predicted octanol–water partition coefficient (Wildman–Crippen LogP) is 3.23. The Morgan fingerprint density at radius 2 is 2.05 bits per heavy atom. The van der Waals surface area contributed by atoms with Gasteiger partial charge in [-0.3, -0.25) is 0 Å². The molecule has 20 heavy (non-hydrogen) atoms. The molecule has 1 aromatic heterocycles. The number of nitrogens with zero attached hydrogens (tertiary/aromatic N) is 3. The summed E-state index contributed by atoms with van der Waals surface area (Å²) in [5.41, 5.74) is 3.73. The molecule has 5 heteroatoms. The van der Waals surface area contributed by atoms with Crippen LogP contribution in [0.25, 0.3) is 0 Å². The van der Waals surface area contributed by atoms with Crippen molar-refractivity contribution in [2.24, 2.45) is 7.05 Å². The lowest BCUT2D eigenvalue weighted by Gasteiger charge is -2.22. The van der Waals surface area contributed by atoms with Gasteiger partial charge in [0.15, 0.2) is 4.60 Å². The molecule has 0 spiro atoms. The first-order chi connectivity index (χ1) is 9.69. The standard InChI is InChI=1S/C15H21BrN4/c1-4-10-17-13(14-15(16)18-19-20(14)3)12-9-7-6-8-11(12)5-2/h6-9,13,17H,4-5,10H2,1-3H3. The minimum Gasteiger partial charge on any atom is -0.305 e. The van der Waals surface area contributed by atoms with Gasteiger partial charge in [0.1, 0.15) is 0 Å². The van der Waals surface area contributed by atoms with Crippen LogP contribution in [0.1, 0.15) is 43.1 Å². The number of nitrogens with one attached hydrogen (secondary N) is 1. The molecule has 0 saturated carbocycles. The summed E-state index contributed by atoms with van der Waals surface area (Å²) in [7, 11) is 1.93. The van der Waals surface area contributed by atoms with E-state index in [0.29, 0.717) is 0 Å². The molecule has 1 heterocycles. The minimum atomic E-state index is 0.112. The third-order valence-electron chi connectivity index (χ3n) is 3.45. The van der Waals surface area contributed by atoms with E-state index in [1.807, 2.05) is 11.7 Å². The fourth-order valence-electron chi connectivity index (χ4n) is 2.43. The molecule has 0 aliphatic carbocycles. The topological polar surface area (TPSA) is 42.7 Å². The van der Waals surface area contributed by atoms with Crippen molar-refractivity contribution in [1.82, 2.24) is 20.3 Å². The van der Waals surface area contributed by atoms with Crippen molar-refractivity contribution < 1.29 is 0 Å². The van der Waals surface area contributed by atoms with Gasteiger partial charge in [0.05, 0.1) is 11.7 Å². The Balaban J connectivity index is 2.47. The van der Waals surface area contributed by atoms with Gasteiger partial charge in [-0.05, 0) is 46.4 Å². The third kappa shape index (κ3) is 3.10. The SMILES string of the molecule is CCCNC(c1ccccc1CC)c1c(Br)nnn1C. The Morgan fingerprint density at radius 1 is 1.30 bits per heavy atom. The molecule has 0 amide bonds. The summed E-state index contributed by atoms with van der Waals surface area (Å²) in [5.74, 6) is 0. The highest BCUT2D eigenvalue weighted by Crippen LogP contribution is 2.29. The Labute approximate surface area is 128 Å². The molecule has 4 nitrogen and oxygen atoms in total. The van der Waals surface area contributed by atoms with Gasteiger partial charge in [0, 0.05) is 7.05 Å². The molecule has 0 fully saturated rings. The van der Waals surface area contributed by atoms with Crippen molar-refractivity contribution in [3.63, 3.8) is 0 Å². The number of benzene rings is 1. The molecule has 1 N–H and O–H groups in total. The largest absolute Gasteiger partial charge is 0.305 e. The second-order valence-corrected chi connectivity index (χ2v) is 5.58. The van der Waals surface area contributed by atoms with Crippen molar-refractivity contribution in [2.45, 2.75) is 32.7 Å². The van der Waals surface area contributed by atoms with Crippen LogP contribution in [0.2, 0.25) is 0 Å². The van der Waals surface area contributed by atoms with Gasteiger partial charge in [0.2, 0.25) is 0 Å². The smallest absolute Gasteiger partial charge is 0.153 e. The second kappa shape index (κ2) is 6.99. The van der Waals surface area contributed by atoms with Crippen LogP contribution in [0.5, 0.6) is 0 Å². The average Bonchev–Trinajstić information content (AvgIpc) is 2.80. The van der Waals surface area contributed by atoms with Gasteiger partial charge in [0.25, 0.3) is 0 Å². The Hall–Kier alpha value is -1.20. The van der Waals surface area contributed by atoms with Crippen LogP contribution >= 0.6 is 15.9 Å². The lowest BCUT2D eigenvalue weighted by atomic mass is 9.96. The van der Waals surface area contributed by atoms with E-state index in [2.05, 4.69) is 69.7 Å². The summed E-state index contributed by atoms with van der Waals surface area (Å²) in [6.45, 7) is 5.32. The molecule has 0 aliphatic heterocycles. The highest BCUT2D eigenvalue weighted by molar-refractivity contribution is 9.10. The van der Waals surface area contributed by atoms with Crippen LogP contribution in [-0.4, -0.2) is 21.5 Å². The zero-order chi connectivity index (χ0) is 14.5. The summed E-state index contributed by atoms with van der Waals surface area (Å²) in [6, 6.07) is 8.67. The molecular weight excluding hydrogens is 316 g/mol. The highest BCUT2D eigenvalue weighted by Gasteiger charge is 2.23. The fraction of sp³-hybridized carbons (Fsp3) is 0.467. The van der Waals surface area contributed by atoms with Crippen LogP contribution in [0.4, 0.5) is 0 Å². The number of aromatic nitrogens is 3. The molecule has 1 atom stereocenters. The zero-order valence-electron chi connectivity index (χ0n) is 12.2. The van der Waals surface area contributed by atoms with Crippen LogP contribution in [0, 0.1) is 0 Å². The number of aryl methyl sites for hydroxylation is 2. The molecule has 0 aliphatic rings. The first-order valence-corrected chi connectivity index (χ1v) is 7.84. The minimum absolute atomic E-state index is 0.112.